The largest absolute Gasteiger partial charge is 0.265 e. The van der Waals surface area contributed by atoms with Crippen molar-refractivity contribution in [3.8, 4) is 22.3 Å². The first-order valence-corrected chi connectivity index (χ1v) is 7.52. The second-order valence-electron chi connectivity index (χ2n) is 5.58. The molecule has 3 heteroatoms. The van der Waals surface area contributed by atoms with Gasteiger partial charge in [-0.25, -0.2) is 0 Å². The highest BCUT2D eigenvalue weighted by molar-refractivity contribution is 5.96. The van der Waals surface area contributed by atoms with Gasteiger partial charge in [-0.15, -0.1) is 0 Å². The lowest BCUT2D eigenvalue weighted by atomic mass is 9.98. The molecule has 0 saturated carbocycles. The van der Waals surface area contributed by atoms with Crippen molar-refractivity contribution in [2.75, 3.05) is 0 Å². The molecule has 0 radical (unpaired) electrons. The Hall–Kier alpha value is -3.07. The van der Waals surface area contributed by atoms with Crippen LogP contribution in [0.15, 0.2) is 73.4 Å². The van der Waals surface area contributed by atoms with E-state index in [0.717, 1.165) is 33.2 Å². The Morgan fingerprint density at radius 1 is 0.696 bits per heavy atom. The van der Waals surface area contributed by atoms with E-state index in [1.807, 2.05) is 43.1 Å². The summed E-state index contributed by atoms with van der Waals surface area (Å²) in [7, 11) is 0. The molecule has 3 heterocycles. The third-order valence-corrected chi connectivity index (χ3v) is 3.94. The van der Waals surface area contributed by atoms with Gasteiger partial charge < -0.3 is 0 Å². The first kappa shape index (κ1) is 13.6. The van der Waals surface area contributed by atoms with E-state index in [4.69, 9.17) is 0 Å². The molecule has 3 aromatic heterocycles. The van der Waals surface area contributed by atoms with Crippen LogP contribution in [0.5, 0.6) is 0 Å². The smallest absolute Gasteiger partial charge is 0.0708 e. The van der Waals surface area contributed by atoms with Crippen LogP contribution in [0, 0.1) is 6.92 Å². The highest BCUT2D eigenvalue weighted by atomic mass is 14.6. The molecule has 4 rings (SSSR count). The second-order valence-corrected chi connectivity index (χ2v) is 5.58. The Balaban J connectivity index is 1.94. The number of pyridine rings is 3. The van der Waals surface area contributed by atoms with Gasteiger partial charge >= 0.3 is 0 Å². The summed E-state index contributed by atoms with van der Waals surface area (Å²) in [5.41, 5.74) is 6.73. The van der Waals surface area contributed by atoms with Crippen LogP contribution in [0.25, 0.3) is 33.2 Å². The van der Waals surface area contributed by atoms with Crippen LogP contribution in [-0.4, -0.2) is 15.0 Å². The number of fused-ring (bicyclic) bond motifs is 1. The average Bonchev–Trinajstić information content (AvgIpc) is 2.61. The molecule has 0 unspecified atom stereocenters. The third-order valence-electron chi connectivity index (χ3n) is 3.94. The summed E-state index contributed by atoms with van der Waals surface area (Å²) in [5.74, 6) is 0. The van der Waals surface area contributed by atoms with Gasteiger partial charge in [0.05, 0.1) is 5.52 Å². The molecule has 110 valence electrons. The lowest BCUT2D eigenvalue weighted by Gasteiger charge is -2.09. The molecule has 0 aliphatic heterocycles. The second kappa shape index (κ2) is 5.61. The molecular formula is C20H15N3. The summed E-state index contributed by atoms with van der Waals surface area (Å²) in [6.45, 7) is 2.06. The van der Waals surface area contributed by atoms with E-state index in [9.17, 15) is 0 Å². The van der Waals surface area contributed by atoms with Gasteiger partial charge in [0.2, 0.25) is 0 Å². The van der Waals surface area contributed by atoms with Crippen molar-refractivity contribution < 1.29 is 0 Å². The maximum Gasteiger partial charge on any atom is 0.0708 e. The number of hydrogen-bond donors (Lipinski definition) is 0. The minimum Gasteiger partial charge on any atom is -0.265 e. The third kappa shape index (κ3) is 2.57. The number of hydrogen-bond acceptors (Lipinski definition) is 3. The zero-order valence-corrected chi connectivity index (χ0v) is 12.8. The first-order valence-electron chi connectivity index (χ1n) is 7.52. The molecule has 0 atom stereocenters. The molecular weight excluding hydrogens is 282 g/mol. The number of benzene rings is 1. The lowest BCUT2D eigenvalue weighted by Crippen LogP contribution is -1.87. The Morgan fingerprint density at radius 3 is 2.39 bits per heavy atom. The quantitative estimate of drug-likeness (QED) is 0.540. The van der Waals surface area contributed by atoms with E-state index in [0.29, 0.717) is 0 Å². The fraction of sp³-hybridized carbons (Fsp3) is 0.0500. The highest BCUT2D eigenvalue weighted by Gasteiger charge is 2.07. The zero-order chi connectivity index (χ0) is 15.6. The van der Waals surface area contributed by atoms with Gasteiger partial charge in [-0.1, -0.05) is 6.07 Å². The minimum atomic E-state index is 0.990. The fourth-order valence-corrected chi connectivity index (χ4v) is 2.82. The van der Waals surface area contributed by atoms with Crippen LogP contribution < -0.4 is 0 Å². The van der Waals surface area contributed by atoms with E-state index < -0.39 is 0 Å². The molecule has 0 fully saturated rings. The average molecular weight is 297 g/mol. The molecule has 0 bridgehead atoms. The first-order chi connectivity index (χ1) is 11.3. The molecule has 0 spiro atoms. The van der Waals surface area contributed by atoms with Gasteiger partial charge in [-0.05, 0) is 65.6 Å². The van der Waals surface area contributed by atoms with Crippen LogP contribution in [0.1, 0.15) is 5.56 Å². The van der Waals surface area contributed by atoms with Crippen molar-refractivity contribution in [2.24, 2.45) is 0 Å². The summed E-state index contributed by atoms with van der Waals surface area (Å²) >= 11 is 0. The van der Waals surface area contributed by atoms with Crippen molar-refractivity contribution in [3.05, 3.63) is 79.0 Å². The molecule has 0 aliphatic carbocycles. The topological polar surface area (TPSA) is 38.7 Å². The monoisotopic (exact) mass is 297 g/mol. The Kier molecular flexibility index (Phi) is 3.31. The van der Waals surface area contributed by atoms with E-state index in [1.54, 1.807) is 0 Å². The van der Waals surface area contributed by atoms with Crippen molar-refractivity contribution >= 4 is 10.9 Å². The molecule has 1 aromatic carbocycles. The molecule has 23 heavy (non-hydrogen) atoms. The zero-order valence-electron chi connectivity index (χ0n) is 12.8. The molecule has 3 nitrogen and oxygen atoms in total. The fourth-order valence-electron chi connectivity index (χ4n) is 2.82. The number of nitrogens with zero attached hydrogens (tertiary/aromatic N) is 3. The SMILES string of the molecule is Cc1cncc(-c2ccc3nccc(-c4ccncc4)c3c2)c1. The number of aromatic nitrogens is 3. The lowest BCUT2D eigenvalue weighted by molar-refractivity contribution is 1.27. The van der Waals surface area contributed by atoms with E-state index in [2.05, 4.69) is 52.2 Å². The standard InChI is InChI=1S/C20H15N3/c1-14-10-17(13-22-12-14)16-2-3-20-19(11-16)18(6-9-23-20)15-4-7-21-8-5-15/h2-13H,1H3. The highest BCUT2D eigenvalue weighted by Crippen LogP contribution is 2.30. The summed E-state index contributed by atoms with van der Waals surface area (Å²) in [4.78, 5) is 12.9. The number of rotatable bonds is 2. The van der Waals surface area contributed by atoms with E-state index in [-0.39, 0.29) is 0 Å². The summed E-state index contributed by atoms with van der Waals surface area (Å²) in [6, 6.07) is 14.6. The van der Waals surface area contributed by atoms with Crippen molar-refractivity contribution in [3.63, 3.8) is 0 Å². The van der Waals surface area contributed by atoms with Gasteiger partial charge in [0.1, 0.15) is 0 Å². The van der Waals surface area contributed by atoms with Gasteiger partial charge in [0.25, 0.3) is 0 Å². The molecule has 0 aliphatic rings. The van der Waals surface area contributed by atoms with Crippen LogP contribution in [0.3, 0.4) is 0 Å². The van der Waals surface area contributed by atoms with E-state index in [1.165, 1.54) is 5.56 Å². The van der Waals surface area contributed by atoms with E-state index >= 15 is 0 Å². The summed E-state index contributed by atoms with van der Waals surface area (Å²) < 4.78 is 0. The Labute approximate surface area is 134 Å². The van der Waals surface area contributed by atoms with Crippen molar-refractivity contribution in [1.29, 1.82) is 0 Å². The normalized spacial score (nSPS) is 10.8. The van der Waals surface area contributed by atoms with Gasteiger partial charge in [0.15, 0.2) is 0 Å². The maximum atomic E-state index is 4.49. The molecule has 0 amide bonds. The number of aryl methyl sites for hydroxylation is 1. The van der Waals surface area contributed by atoms with Crippen LogP contribution >= 0.6 is 0 Å². The van der Waals surface area contributed by atoms with Crippen LogP contribution in [0.2, 0.25) is 0 Å². The summed E-state index contributed by atoms with van der Waals surface area (Å²) in [6.07, 6.45) is 9.25. The summed E-state index contributed by atoms with van der Waals surface area (Å²) in [5, 5.41) is 1.14. The molecule has 0 saturated heterocycles. The van der Waals surface area contributed by atoms with Gasteiger partial charge in [-0.3, -0.25) is 15.0 Å². The molecule has 4 aromatic rings. The predicted molar refractivity (Wildman–Crippen MR) is 92.9 cm³/mol. The maximum absolute atomic E-state index is 4.49. The Bertz CT molecular complexity index is 978. The minimum absolute atomic E-state index is 0.990. The van der Waals surface area contributed by atoms with Gasteiger partial charge in [0, 0.05) is 41.9 Å². The van der Waals surface area contributed by atoms with Crippen LogP contribution in [-0.2, 0) is 0 Å². The van der Waals surface area contributed by atoms with Crippen molar-refractivity contribution in [2.45, 2.75) is 6.92 Å². The predicted octanol–water partition coefficient (Wildman–Crippen LogP) is 4.67. The van der Waals surface area contributed by atoms with Crippen LogP contribution in [0.4, 0.5) is 0 Å². The van der Waals surface area contributed by atoms with Crippen molar-refractivity contribution in [1.82, 2.24) is 15.0 Å². The molecule has 0 N–H and O–H groups in total. The Morgan fingerprint density at radius 2 is 1.57 bits per heavy atom. The van der Waals surface area contributed by atoms with Gasteiger partial charge in [-0.2, -0.15) is 0 Å².